The largest absolute Gasteiger partial charge is 0.487 e. The fourth-order valence-corrected chi connectivity index (χ4v) is 1.65. The fourth-order valence-electron chi connectivity index (χ4n) is 1.65. The van der Waals surface area contributed by atoms with Crippen molar-refractivity contribution in [3.8, 4) is 5.75 Å². The number of benzene rings is 1. The second kappa shape index (κ2) is 4.91. The Kier molecular flexibility index (Phi) is 3.32. The van der Waals surface area contributed by atoms with Gasteiger partial charge < -0.3 is 14.4 Å². The Morgan fingerprint density at radius 1 is 1.50 bits per heavy atom. The summed E-state index contributed by atoms with van der Waals surface area (Å²) in [5.41, 5.74) is 1.93. The molecule has 1 heterocycles. The van der Waals surface area contributed by atoms with E-state index in [0.717, 1.165) is 5.69 Å². The molecule has 94 valence electrons. The van der Waals surface area contributed by atoms with Gasteiger partial charge in [0.15, 0.2) is 0 Å². The second-order valence-corrected chi connectivity index (χ2v) is 4.07. The summed E-state index contributed by atoms with van der Waals surface area (Å²) in [6.07, 6.45) is 3.44. The van der Waals surface area contributed by atoms with E-state index in [-0.39, 0.29) is 0 Å². The van der Waals surface area contributed by atoms with E-state index in [1.807, 2.05) is 11.6 Å². The van der Waals surface area contributed by atoms with E-state index in [2.05, 4.69) is 4.98 Å². The van der Waals surface area contributed by atoms with Crippen LogP contribution in [-0.2, 0) is 13.7 Å². The van der Waals surface area contributed by atoms with Crippen LogP contribution >= 0.6 is 0 Å². The number of carboxylic acids is 1. The van der Waals surface area contributed by atoms with Crippen LogP contribution in [0, 0.1) is 6.92 Å². The van der Waals surface area contributed by atoms with E-state index in [4.69, 9.17) is 9.84 Å². The van der Waals surface area contributed by atoms with Gasteiger partial charge in [-0.1, -0.05) is 0 Å². The number of hydrogen-bond donors (Lipinski definition) is 1. The van der Waals surface area contributed by atoms with Crippen LogP contribution in [0.4, 0.5) is 0 Å². The smallest absolute Gasteiger partial charge is 0.335 e. The van der Waals surface area contributed by atoms with Crippen LogP contribution in [0.1, 0.15) is 21.6 Å². The van der Waals surface area contributed by atoms with Crippen LogP contribution in [0.25, 0.3) is 0 Å². The number of imidazole rings is 1. The molecule has 0 aliphatic carbocycles. The third-order valence-electron chi connectivity index (χ3n) is 2.73. The first-order valence-corrected chi connectivity index (χ1v) is 5.50. The molecular weight excluding hydrogens is 232 g/mol. The normalized spacial score (nSPS) is 10.3. The Morgan fingerprint density at radius 2 is 2.28 bits per heavy atom. The number of aryl methyl sites for hydroxylation is 2. The van der Waals surface area contributed by atoms with Gasteiger partial charge in [0, 0.05) is 7.05 Å². The third kappa shape index (κ3) is 2.51. The van der Waals surface area contributed by atoms with Crippen LogP contribution in [0.15, 0.2) is 30.7 Å². The number of carboxylic acid groups (broad SMARTS) is 1. The van der Waals surface area contributed by atoms with E-state index in [9.17, 15) is 4.79 Å². The number of aromatic nitrogens is 2. The molecule has 1 aromatic heterocycles. The Morgan fingerprint density at radius 3 is 2.83 bits per heavy atom. The molecule has 1 N–H and O–H groups in total. The van der Waals surface area contributed by atoms with Crippen LogP contribution in [0.2, 0.25) is 0 Å². The van der Waals surface area contributed by atoms with Gasteiger partial charge in [-0.25, -0.2) is 9.78 Å². The molecule has 0 unspecified atom stereocenters. The maximum atomic E-state index is 10.9. The summed E-state index contributed by atoms with van der Waals surface area (Å²) in [6, 6.07) is 4.93. The van der Waals surface area contributed by atoms with Crippen molar-refractivity contribution in [2.45, 2.75) is 13.5 Å². The van der Waals surface area contributed by atoms with Crippen molar-refractivity contribution in [2.75, 3.05) is 0 Å². The van der Waals surface area contributed by atoms with Crippen molar-refractivity contribution in [3.05, 3.63) is 47.5 Å². The predicted molar refractivity (Wildman–Crippen MR) is 65.7 cm³/mol. The molecule has 5 nitrogen and oxygen atoms in total. The van der Waals surface area contributed by atoms with Gasteiger partial charge in [-0.15, -0.1) is 0 Å². The first kappa shape index (κ1) is 12.2. The summed E-state index contributed by atoms with van der Waals surface area (Å²) in [5.74, 6) is -0.274. The average Bonchev–Trinajstić information content (AvgIpc) is 2.72. The summed E-state index contributed by atoms with van der Waals surface area (Å²) in [4.78, 5) is 14.9. The maximum absolute atomic E-state index is 10.9. The van der Waals surface area contributed by atoms with Crippen molar-refractivity contribution in [3.63, 3.8) is 0 Å². The number of aromatic carboxylic acids is 1. The minimum Gasteiger partial charge on any atom is -0.487 e. The van der Waals surface area contributed by atoms with Crippen molar-refractivity contribution in [2.24, 2.45) is 7.05 Å². The fraction of sp³-hybridized carbons (Fsp3) is 0.231. The molecule has 18 heavy (non-hydrogen) atoms. The van der Waals surface area contributed by atoms with Crippen LogP contribution in [0.3, 0.4) is 0 Å². The lowest BCUT2D eigenvalue weighted by Crippen LogP contribution is -2.03. The van der Waals surface area contributed by atoms with Gasteiger partial charge in [0.2, 0.25) is 0 Å². The zero-order valence-corrected chi connectivity index (χ0v) is 10.3. The van der Waals surface area contributed by atoms with Gasteiger partial charge in [0.1, 0.15) is 12.4 Å². The average molecular weight is 246 g/mol. The van der Waals surface area contributed by atoms with Gasteiger partial charge >= 0.3 is 5.97 Å². The lowest BCUT2D eigenvalue weighted by Gasteiger charge is -2.08. The molecule has 0 saturated carbocycles. The van der Waals surface area contributed by atoms with E-state index in [1.165, 1.54) is 0 Å². The summed E-state index contributed by atoms with van der Waals surface area (Å²) < 4.78 is 7.47. The minimum atomic E-state index is -0.925. The highest BCUT2D eigenvalue weighted by Crippen LogP contribution is 2.18. The van der Waals surface area contributed by atoms with E-state index >= 15 is 0 Å². The number of ether oxygens (including phenoxy) is 1. The van der Waals surface area contributed by atoms with Gasteiger partial charge in [-0.2, -0.15) is 0 Å². The molecule has 0 radical (unpaired) electrons. The van der Waals surface area contributed by atoms with E-state index in [1.54, 1.807) is 37.6 Å². The molecule has 2 rings (SSSR count). The van der Waals surface area contributed by atoms with E-state index in [0.29, 0.717) is 23.5 Å². The minimum absolute atomic E-state index is 0.294. The Bertz CT molecular complexity index is 575. The van der Waals surface area contributed by atoms with Crippen molar-refractivity contribution < 1.29 is 14.6 Å². The standard InChI is InChI=1S/C13H14N2O3/c1-9-5-11(3-4-12(9)13(16)17)18-7-10-6-14-8-15(10)2/h3-6,8H,7H2,1-2H3,(H,16,17). The lowest BCUT2D eigenvalue weighted by molar-refractivity contribution is 0.0696. The SMILES string of the molecule is Cc1cc(OCc2cncn2C)ccc1C(=O)O. The molecule has 0 saturated heterocycles. The zero-order chi connectivity index (χ0) is 13.1. The van der Waals surface area contributed by atoms with Gasteiger partial charge in [-0.3, -0.25) is 0 Å². The van der Waals surface area contributed by atoms with Crippen molar-refractivity contribution >= 4 is 5.97 Å². The number of hydrogen-bond acceptors (Lipinski definition) is 3. The van der Waals surface area contributed by atoms with Crippen molar-refractivity contribution in [1.82, 2.24) is 9.55 Å². The molecule has 0 spiro atoms. The summed E-state index contributed by atoms with van der Waals surface area (Å²) in [5, 5.41) is 8.92. The quantitative estimate of drug-likeness (QED) is 0.896. The van der Waals surface area contributed by atoms with Gasteiger partial charge in [-0.05, 0) is 30.7 Å². The number of nitrogens with zero attached hydrogens (tertiary/aromatic N) is 2. The lowest BCUT2D eigenvalue weighted by atomic mass is 10.1. The molecule has 5 heteroatoms. The van der Waals surface area contributed by atoms with Crippen molar-refractivity contribution in [1.29, 1.82) is 0 Å². The monoisotopic (exact) mass is 246 g/mol. The number of rotatable bonds is 4. The number of carbonyl (C=O) groups is 1. The topological polar surface area (TPSA) is 64.4 Å². The highest BCUT2D eigenvalue weighted by Gasteiger charge is 2.08. The Balaban J connectivity index is 2.09. The van der Waals surface area contributed by atoms with Gasteiger partial charge in [0.25, 0.3) is 0 Å². The summed E-state index contributed by atoms with van der Waals surface area (Å²) in [7, 11) is 1.89. The first-order valence-electron chi connectivity index (χ1n) is 5.50. The Labute approximate surface area is 105 Å². The molecule has 1 aromatic carbocycles. The Hall–Kier alpha value is -2.30. The third-order valence-corrected chi connectivity index (χ3v) is 2.73. The molecule has 0 bridgehead atoms. The summed E-state index contributed by atoms with van der Waals surface area (Å²) >= 11 is 0. The molecular formula is C13H14N2O3. The second-order valence-electron chi connectivity index (χ2n) is 4.07. The van der Waals surface area contributed by atoms with Gasteiger partial charge in [0.05, 0.1) is 23.8 Å². The maximum Gasteiger partial charge on any atom is 0.335 e. The molecule has 0 aliphatic heterocycles. The molecule has 0 aliphatic rings. The molecule has 0 fully saturated rings. The zero-order valence-electron chi connectivity index (χ0n) is 10.3. The predicted octanol–water partition coefficient (Wildman–Crippen LogP) is 2.01. The van der Waals surface area contributed by atoms with Crippen LogP contribution < -0.4 is 4.74 Å². The first-order chi connectivity index (χ1) is 8.58. The highest BCUT2D eigenvalue weighted by atomic mass is 16.5. The van der Waals surface area contributed by atoms with Crippen LogP contribution in [0.5, 0.6) is 5.75 Å². The highest BCUT2D eigenvalue weighted by molar-refractivity contribution is 5.89. The molecule has 0 atom stereocenters. The molecule has 2 aromatic rings. The molecule has 0 amide bonds. The van der Waals surface area contributed by atoms with Crippen LogP contribution in [-0.4, -0.2) is 20.6 Å². The van der Waals surface area contributed by atoms with E-state index < -0.39 is 5.97 Å². The summed E-state index contributed by atoms with van der Waals surface area (Å²) in [6.45, 7) is 2.16.